The quantitative estimate of drug-likeness (QED) is 0.0503. The normalized spacial score (nSPS) is 10.9. The van der Waals surface area contributed by atoms with E-state index >= 15 is 0 Å². The topological polar surface area (TPSA) is 101 Å². The molecule has 5 aromatic rings. The van der Waals surface area contributed by atoms with E-state index in [0.29, 0.717) is 0 Å². The van der Waals surface area contributed by atoms with Gasteiger partial charge in [-0.3, -0.25) is 10.1 Å². The van der Waals surface area contributed by atoms with Crippen LogP contribution in [-0.2, 0) is 0 Å². The molecular formula is C27H12F5NO7. The van der Waals surface area contributed by atoms with Gasteiger partial charge in [0, 0.05) is 12.1 Å². The summed E-state index contributed by atoms with van der Waals surface area (Å²) in [7, 11) is 0. The van der Waals surface area contributed by atoms with E-state index in [1.807, 2.05) is 0 Å². The predicted octanol–water partition coefficient (Wildman–Crippen LogP) is 7.77. The average molecular weight is 557 g/mol. The van der Waals surface area contributed by atoms with Gasteiger partial charge in [-0.05, 0) is 36.4 Å². The molecule has 1 aromatic heterocycles. The number of para-hydroxylation sites is 1. The van der Waals surface area contributed by atoms with E-state index in [0.717, 1.165) is 24.3 Å². The molecule has 0 radical (unpaired) electrons. The van der Waals surface area contributed by atoms with Gasteiger partial charge in [-0.25, -0.2) is 18.0 Å². The first-order valence-electron chi connectivity index (χ1n) is 11.1. The van der Waals surface area contributed by atoms with Crippen molar-refractivity contribution in [2.24, 2.45) is 0 Å². The van der Waals surface area contributed by atoms with Gasteiger partial charge in [0.25, 0.3) is 11.4 Å². The van der Waals surface area contributed by atoms with Crippen LogP contribution in [0.15, 0.2) is 82.0 Å². The Bertz CT molecular complexity index is 1800. The molecule has 40 heavy (non-hydrogen) atoms. The molecule has 13 heteroatoms. The summed E-state index contributed by atoms with van der Waals surface area (Å²) < 4.78 is 92.7. The van der Waals surface area contributed by atoms with Gasteiger partial charge in [-0.1, -0.05) is 24.3 Å². The second-order valence-corrected chi connectivity index (χ2v) is 7.95. The van der Waals surface area contributed by atoms with Crippen molar-refractivity contribution >= 4 is 16.7 Å². The van der Waals surface area contributed by atoms with Gasteiger partial charge >= 0.3 is 5.63 Å². The molecular weight excluding hydrogens is 545 g/mol. The van der Waals surface area contributed by atoms with Crippen LogP contribution in [0.2, 0.25) is 0 Å². The Kier molecular flexibility index (Phi) is 6.78. The van der Waals surface area contributed by atoms with E-state index in [2.05, 4.69) is 0 Å². The first-order valence-corrected chi connectivity index (χ1v) is 11.1. The van der Waals surface area contributed by atoms with Crippen molar-refractivity contribution in [2.45, 2.75) is 0 Å². The van der Waals surface area contributed by atoms with Gasteiger partial charge in [0.15, 0.2) is 5.75 Å². The molecule has 0 spiro atoms. The Hall–Kier alpha value is -5.46. The molecule has 0 fully saturated rings. The minimum absolute atomic E-state index is 0.111. The first kappa shape index (κ1) is 26.2. The molecule has 0 aliphatic carbocycles. The lowest BCUT2D eigenvalue weighted by atomic mass is 10.2. The highest BCUT2D eigenvalue weighted by Gasteiger charge is 2.31. The number of benzene rings is 4. The Morgan fingerprint density at radius 1 is 0.625 bits per heavy atom. The van der Waals surface area contributed by atoms with Crippen LogP contribution < -0.4 is 19.8 Å². The molecule has 5 rings (SSSR count). The Balaban J connectivity index is 1.76. The Labute approximate surface area is 219 Å². The number of rotatable bonds is 7. The minimum atomic E-state index is -2.42. The number of ether oxygens (including phenoxy) is 3. The molecule has 0 aliphatic heterocycles. The highest BCUT2D eigenvalue weighted by molar-refractivity contribution is 5.92. The van der Waals surface area contributed by atoms with Crippen LogP contribution in [0.4, 0.5) is 27.6 Å². The van der Waals surface area contributed by atoms with Crippen molar-refractivity contribution < 1.29 is 45.5 Å². The van der Waals surface area contributed by atoms with Gasteiger partial charge in [-0.2, -0.15) is 8.78 Å². The number of nitro groups is 1. The van der Waals surface area contributed by atoms with E-state index in [9.17, 15) is 36.9 Å². The molecule has 0 saturated carbocycles. The van der Waals surface area contributed by atoms with Crippen molar-refractivity contribution in [1.82, 2.24) is 0 Å². The summed E-state index contributed by atoms with van der Waals surface area (Å²) in [5, 5.41) is 10.7. The third-order valence-electron chi connectivity index (χ3n) is 5.42. The number of non-ortho nitro benzene ring substituents is 1. The van der Waals surface area contributed by atoms with E-state index < -0.39 is 56.9 Å². The maximum Gasteiger partial charge on any atom is 0.383 e. The molecule has 202 valence electrons. The molecule has 0 saturated heterocycles. The fourth-order valence-electron chi connectivity index (χ4n) is 3.59. The summed E-state index contributed by atoms with van der Waals surface area (Å²) in [6.45, 7) is 0. The van der Waals surface area contributed by atoms with Crippen molar-refractivity contribution in [2.75, 3.05) is 0 Å². The van der Waals surface area contributed by atoms with E-state index in [1.54, 1.807) is 30.3 Å². The third kappa shape index (κ3) is 4.75. The SMILES string of the molecule is O=c1oc2cccc(Oc3ccccc3)c2c(Oc2c(F)c(F)c(F)c(F)c2F)c1Oc1ccc([N+](=O)[O-])cc1. The molecule has 0 unspecified atom stereocenters. The molecule has 4 aromatic carbocycles. The standard InChI is InChI=1S/C27H12F5NO7/c28-19-20(29)22(31)25(23(32)21(19)30)40-24-18-16(37-14-5-2-1-3-6-14)7-4-8-17(18)39-27(34)26(24)38-15-11-9-13(10-12-15)33(35)36/h1-12H. The monoisotopic (exact) mass is 557 g/mol. The summed E-state index contributed by atoms with van der Waals surface area (Å²) in [4.78, 5) is 23.2. The van der Waals surface area contributed by atoms with Crippen LogP contribution >= 0.6 is 0 Å². The van der Waals surface area contributed by atoms with Crippen LogP contribution in [0.1, 0.15) is 0 Å². The number of nitro benzene ring substituents is 1. The van der Waals surface area contributed by atoms with Crippen LogP contribution in [-0.4, -0.2) is 4.92 Å². The first-order chi connectivity index (χ1) is 19.2. The zero-order valence-corrected chi connectivity index (χ0v) is 19.6. The van der Waals surface area contributed by atoms with E-state index in [1.165, 1.54) is 18.2 Å². The summed E-state index contributed by atoms with van der Waals surface area (Å²) >= 11 is 0. The Morgan fingerprint density at radius 2 is 1.23 bits per heavy atom. The molecule has 0 bridgehead atoms. The lowest BCUT2D eigenvalue weighted by Gasteiger charge is -2.17. The summed E-state index contributed by atoms with van der Waals surface area (Å²) in [6.07, 6.45) is 0. The number of fused-ring (bicyclic) bond motifs is 1. The van der Waals surface area contributed by atoms with Crippen molar-refractivity contribution in [3.63, 3.8) is 0 Å². The van der Waals surface area contributed by atoms with Crippen LogP contribution in [0.5, 0.6) is 34.5 Å². The lowest BCUT2D eigenvalue weighted by Crippen LogP contribution is -2.09. The number of nitrogens with zero attached hydrogens (tertiary/aromatic N) is 1. The predicted molar refractivity (Wildman–Crippen MR) is 128 cm³/mol. The van der Waals surface area contributed by atoms with Gasteiger partial charge in [0.05, 0.1) is 4.92 Å². The van der Waals surface area contributed by atoms with Gasteiger partial charge in [0.1, 0.15) is 28.2 Å². The average Bonchev–Trinajstić information content (AvgIpc) is 2.95. The third-order valence-corrected chi connectivity index (χ3v) is 5.42. The maximum absolute atomic E-state index is 14.6. The van der Waals surface area contributed by atoms with E-state index in [-0.39, 0.29) is 33.9 Å². The van der Waals surface area contributed by atoms with Crippen LogP contribution in [0.3, 0.4) is 0 Å². The summed E-state index contributed by atoms with van der Waals surface area (Å²) in [5.41, 5.74) is -1.86. The van der Waals surface area contributed by atoms with Gasteiger partial charge in [0.2, 0.25) is 34.8 Å². The highest BCUT2D eigenvalue weighted by Crippen LogP contribution is 2.45. The fourth-order valence-corrected chi connectivity index (χ4v) is 3.59. The summed E-state index contributed by atoms with van der Waals surface area (Å²) in [5.74, 6) is -15.1. The second kappa shape index (κ2) is 10.4. The smallest absolute Gasteiger partial charge is 0.383 e. The van der Waals surface area contributed by atoms with Crippen LogP contribution in [0.25, 0.3) is 11.0 Å². The lowest BCUT2D eigenvalue weighted by molar-refractivity contribution is -0.384. The zero-order valence-electron chi connectivity index (χ0n) is 19.6. The van der Waals surface area contributed by atoms with Gasteiger partial charge in [-0.15, -0.1) is 0 Å². The summed E-state index contributed by atoms with van der Waals surface area (Å²) in [6, 6.07) is 16.3. The number of halogens is 5. The van der Waals surface area contributed by atoms with Crippen molar-refractivity contribution in [1.29, 1.82) is 0 Å². The molecule has 8 nitrogen and oxygen atoms in total. The molecule has 0 aliphatic rings. The number of hydrogen-bond acceptors (Lipinski definition) is 7. The van der Waals surface area contributed by atoms with Gasteiger partial charge < -0.3 is 18.6 Å². The largest absolute Gasteiger partial charge is 0.456 e. The van der Waals surface area contributed by atoms with Crippen molar-refractivity contribution in [3.05, 3.63) is 122 Å². The highest BCUT2D eigenvalue weighted by atomic mass is 19.2. The Morgan fingerprint density at radius 3 is 1.85 bits per heavy atom. The molecule has 0 amide bonds. The maximum atomic E-state index is 14.6. The zero-order chi connectivity index (χ0) is 28.6. The van der Waals surface area contributed by atoms with Crippen molar-refractivity contribution in [3.8, 4) is 34.5 Å². The number of hydrogen-bond donors (Lipinski definition) is 0. The second-order valence-electron chi connectivity index (χ2n) is 7.95. The van der Waals surface area contributed by atoms with Crippen LogP contribution in [0, 0.1) is 39.2 Å². The minimum Gasteiger partial charge on any atom is -0.456 e. The molecule has 1 heterocycles. The molecule has 0 N–H and O–H groups in total. The molecule has 0 atom stereocenters. The van der Waals surface area contributed by atoms with E-state index in [4.69, 9.17) is 18.6 Å². The fraction of sp³-hybridized carbons (Fsp3) is 0.